The molecule has 1 fully saturated rings. The molecule has 16 heavy (non-hydrogen) atoms. The van der Waals surface area contributed by atoms with Crippen molar-refractivity contribution in [1.82, 2.24) is 0 Å². The molecule has 1 aromatic carbocycles. The molecule has 0 aromatic heterocycles. The van der Waals surface area contributed by atoms with Crippen molar-refractivity contribution >= 4 is 17.3 Å². The van der Waals surface area contributed by atoms with Crippen LogP contribution in [-0.2, 0) is 4.79 Å². The van der Waals surface area contributed by atoms with Gasteiger partial charge in [-0.3, -0.25) is 4.79 Å². The molecule has 1 saturated heterocycles. The van der Waals surface area contributed by atoms with E-state index in [4.69, 9.17) is 5.73 Å². The lowest BCUT2D eigenvalue weighted by Gasteiger charge is -2.18. The minimum atomic E-state index is -0.325. The Morgan fingerprint density at radius 2 is 1.94 bits per heavy atom. The summed E-state index contributed by atoms with van der Waals surface area (Å²) in [5.41, 5.74) is 7.74. The summed E-state index contributed by atoms with van der Waals surface area (Å²) in [5.74, 6) is 0.0256. The monoisotopic (exact) mass is 219 g/mol. The minimum absolute atomic E-state index is 0.0256. The number of hydrogen-bond acceptors (Lipinski definition) is 3. The van der Waals surface area contributed by atoms with Crippen LogP contribution >= 0.6 is 0 Å². The molecule has 1 amide bonds. The minimum Gasteiger partial charge on any atom is -0.378 e. The number of nitrogens with two attached hydrogens (primary N) is 1. The largest absolute Gasteiger partial charge is 0.378 e. The van der Waals surface area contributed by atoms with Gasteiger partial charge in [0.1, 0.15) is 0 Å². The van der Waals surface area contributed by atoms with Gasteiger partial charge >= 0.3 is 0 Å². The Bertz CT molecular complexity index is 386. The second-order valence-corrected chi connectivity index (χ2v) is 4.30. The van der Waals surface area contributed by atoms with Crippen LogP contribution in [0.1, 0.15) is 6.42 Å². The van der Waals surface area contributed by atoms with Gasteiger partial charge < -0.3 is 15.5 Å². The van der Waals surface area contributed by atoms with Crippen LogP contribution in [-0.4, -0.2) is 32.6 Å². The Balaban J connectivity index is 2.19. The molecular weight excluding hydrogens is 202 g/mol. The van der Waals surface area contributed by atoms with Gasteiger partial charge in [-0.25, -0.2) is 0 Å². The Morgan fingerprint density at radius 3 is 2.38 bits per heavy atom. The molecule has 0 aliphatic carbocycles. The first kappa shape index (κ1) is 11.0. The van der Waals surface area contributed by atoms with Crippen molar-refractivity contribution < 1.29 is 4.79 Å². The van der Waals surface area contributed by atoms with E-state index in [1.54, 1.807) is 4.90 Å². The van der Waals surface area contributed by atoms with Gasteiger partial charge in [-0.05, 0) is 30.7 Å². The van der Waals surface area contributed by atoms with Crippen molar-refractivity contribution in [3.8, 4) is 0 Å². The third-order valence-corrected chi connectivity index (χ3v) is 2.92. The number of carbonyl (C=O) groups is 1. The van der Waals surface area contributed by atoms with Gasteiger partial charge in [-0.15, -0.1) is 0 Å². The predicted molar refractivity (Wildman–Crippen MR) is 65.7 cm³/mol. The lowest BCUT2D eigenvalue weighted by Crippen LogP contribution is -2.33. The Morgan fingerprint density at radius 1 is 1.31 bits per heavy atom. The number of amides is 1. The first-order chi connectivity index (χ1) is 7.59. The fourth-order valence-corrected chi connectivity index (χ4v) is 1.89. The number of carbonyl (C=O) groups excluding carboxylic acids is 1. The maximum atomic E-state index is 11.7. The number of hydrogen-bond donors (Lipinski definition) is 1. The standard InChI is InChI=1S/C12H17N3O/c1-14(2)9-3-5-10(6-4-9)15-8-7-11(13)12(15)16/h3-6,11H,7-8,13H2,1-2H3. The molecule has 1 aromatic rings. The lowest BCUT2D eigenvalue weighted by atomic mass is 10.2. The summed E-state index contributed by atoms with van der Waals surface area (Å²) in [4.78, 5) is 15.5. The number of benzene rings is 1. The highest BCUT2D eigenvalue weighted by Crippen LogP contribution is 2.23. The van der Waals surface area contributed by atoms with Crippen LogP contribution in [0.5, 0.6) is 0 Å². The van der Waals surface area contributed by atoms with Crippen LogP contribution in [0.25, 0.3) is 0 Å². The second-order valence-electron chi connectivity index (χ2n) is 4.30. The van der Waals surface area contributed by atoms with E-state index in [0.29, 0.717) is 0 Å². The van der Waals surface area contributed by atoms with Gasteiger partial charge in [-0.2, -0.15) is 0 Å². The molecule has 86 valence electrons. The average Bonchev–Trinajstić information content (AvgIpc) is 2.60. The van der Waals surface area contributed by atoms with Gasteiger partial charge in [0, 0.05) is 32.0 Å². The molecule has 2 N–H and O–H groups in total. The zero-order valence-electron chi connectivity index (χ0n) is 9.68. The number of rotatable bonds is 2. The van der Waals surface area contributed by atoms with Crippen molar-refractivity contribution in [2.24, 2.45) is 5.73 Å². The quantitative estimate of drug-likeness (QED) is 0.801. The van der Waals surface area contributed by atoms with Crippen molar-refractivity contribution in [3.05, 3.63) is 24.3 Å². The highest BCUT2D eigenvalue weighted by molar-refractivity contribution is 5.99. The summed E-state index contributed by atoms with van der Waals surface area (Å²) < 4.78 is 0. The molecule has 0 saturated carbocycles. The summed E-state index contributed by atoms with van der Waals surface area (Å²) >= 11 is 0. The van der Waals surface area contributed by atoms with Crippen molar-refractivity contribution in [2.75, 3.05) is 30.4 Å². The smallest absolute Gasteiger partial charge is 0.243 e. The SMILES string of the molecule is CN(C)c1ccc(N2CCC(N)C2=O)cc1. The average molecular weight is 219 g/mol. The summed E-state index contributed by atoms with van der Waals surface area (Å²) in [6, 6.07) is 7.61. The molecule has 0 spiro atoms. The van der Waals surface area contributed by atoms with E-state index in [0.717, 1.165) is 24.3 Å². The summed E-state index contributed by atoms with van der Waals surface area (Å²) in [5, 5.41) is 0. The maximum Gasteiger partial charge on any atom is 0.243 e. The molecule has 1 atom stereocenters. The van der Waals surface area contributed by atoms with Crippen LogP contribution in [0.2, 0.25) is 0 Å². The van der Waals surface area contributed by atoms with Gasteiger partial charge in [0.15, 0.2) is 0 Å². The molecule has 1 aliphatic rings. The number of anilines is 2. The molecule has 1 unspecified atom stereocenters. The van der Waals surface area contributed by atoms with E-state index in [1.165, 1.54) is 0 Å². The Hall–Kier alpha value is -1.55. The second kappa shape index (κ2) is 4.14. The molecule has 0 radical (unpaired) electrons. The first-order valence-corrected chi connectivity index (χ1v) is 5.44. The van der Waals surface area contributed by atoms with Gasteiger partial charge in [0.05, 0.1) is 6.04 Å². The van der Waals surface area contributed by atoms with E-state index in [9.17, 15) is 4.79 Å². The molecule has 4 heteroatoms. The van der Waals surface area contributed by atoms with E-state index in [1.807, 2.05) is 43.3 Å². The summed E-state index contributed by atoms with van der Waals surface area (Å²) in [6.07, 6.45) is 0.744. The van der Waals surface area contributed by atoms with Crippen LogP contribution in [0, 0.1) is 0 Å². The zero-order chi connectivity index (χ0) is 11.7. The summed E-state index contributed by atoms with van der Waals surface area (Å²) in [6.45, 7) is 0.724. The first-order valence-electron chi connectivity index (χ1n) is 5.44. The van der Waals surface area contributed by atoms with E-state index in [-0.39, 0.29) is 11.9 Å². The number of nitrogens with zero attached hydrogens (tertiary/aromatic N) is 2. The molecule has 0 bridgehead atoms. The lowest BCUT2D eigenvalue weighted by molar-refractivity contribution is -0.118. The maximum absolute atomic E-state index is 11.7. The topological polar surface area (TPSA) is 49.6 Å². The molecule has 2 rings (SSSR count). The third-order valence-electron chi connectivity index (χ3n) is 2.92. The van der Waals surface area contributed by atoms with Gasteiger partial charge in [0.25, 0.3) is 0 Å². The zero-order valence-corrected chi connectivity index (χ0v) is 9.68. The third kappa shape index (κ3) is 1.88. The molecular formula is C12H17N3O. The van der Waals surface area contributed by atoms with Crippen LogP contribution in [0.15, 0.2) is 24.3 Å². The highest BCUT2D eigenvalue weighted by Gasteiger charge is 2.29. The molecule has 1 heterocycles. The normalized spacial score (nSPS) is 20.3. The van der Waals surface area contributed by atoms with Gasteiger partial charge in [-0.1, -0.05) is 0 Å². The van der Waals surface area contributed by atoms with Crippen molar-refractivity contribution in [2.45, 2.75) is 12.5 Å². The van der Waals surface area contributed by atoms with E-state index in [2.05, 4.69) is 0 Å². The fraction of sp³-hybridized carbons (Fsp3) is 0.417. The Kier molecular flexibility index (Phi) is 2.83. The van der Waals surface area contributed by atoms with Crippen LogP contribution in [0.3, 0.4) is 0 Å². The van der Waals surface area contributed by atoms with Crippen molar-refractivity contribution in [3.63, 3.8) is 0 Å². The fourth-order valence-electron chi connectivity index (χ4n) is 1.89. The van der Waals surface area contributed by atoms with Crippen molar-refractivity contribution in [1.29, 1.82) is 0 Å². The Labute approximate surface area is 95.6 Å². The van der Waals surface area contributed by atoms with Crippen LogP contribution in [0.4, 0.5) is 11.4 Å². The van der Waals surface area contributed by atoms with E-state index >= 15 is 0 Å². The molecule has 4 nitrogen and oxygen atoms in total. The van der Waals surface area contributed by atoms with Crippen LogP contribution < -0.4 is 15.5 Å². The highest BCUT2D eigenvalue weighted by atomic mass is 16.2. The summed E-state index contributed by atoms with van der Waals surface area (Å²) in [7, 11) is 3.98. The van der Waals surface area contributed by atoms with E-state index < -0.39 is 0 Å². The molecule has 1 aliphatic heterocycles. The predicted octanol–water partition coefficient (Wildman–Crippen LogP) is 0.817. The van der Waals surface area contributed by atoms with Gasteiger partial charge in [0.2, 0.25) is 5.91 Å².